The second kappa shape index (κ2) is 7.27. The minimum absolute atomic E-state index is 0.00352. The summed E-state index contributed by atoms with van der Waals surface area (Å²) in [4.78, 5) is 37.6. The Balaban J connectivity index is 2.17. The highest BCUT2D eigenvalue weighted by Crippen LogP contribution is 2.28. The molecule has 0 spiro atoms. The van der Waals surface area contributed by atoms with Crippen LogP contribution in [0.25, 0.3) is 0 Å². The van der Waals surface area contributed by atoms with Crippen molar-refractivity contribution in [2.75, 3.05) is 6.61 Å². The molecule has 1 aliphatic heterocycles. The molecule has 0 saturated carbocycles. The molecule has 1 atom stereocenters. The van der Waals surface area contributed by atoms with Crippen LogP contribution in [0.4, 0.5) is 0 Å². The maximum atomic E-state index is 12.5. The lowest BCUT2D eigenvalue weighted by Crippen LogP contribution is -2.31. The standard InChI is InChI=1S/C17H16ClNO4/c1-3-13(17(22)23-4-2)14-9-15(20)19(16(14)21)10-11-5-7-12(18)8-6-11/h5-8,14H,1,4,9-10H2,2H3/t14-/m1/s1. The number of hydrogen-bond acceptors (Lipinski definition) is 4. The number of halogens is 1. The smallest absolute Gasteiger partial charge is 0.342 e. The van der Waals surface area contributed by atoms with Crippen molar-refractivity contribution in [2.24, 2.45) is 5.92 Å². The molecule has 1 heterocycles. The Labute approximate surface area is 139 Å². The summed E-state index contributed by atoms with van der Waals surface area (Å²) in [5.41, 5.74) is 3.22. The van der Waals surface area contributed by atoms with E-state index >= 15 is 0 Å². The summed E-state index contributed by atoms with van der Waals surface area (Å²) in [6.07, 6.45) is -0.0803. The Hall–Kier alpha value is -2.36. The first kappa shape index (κ1) is 17.0. The van der Waals surface area contributed by atoms with Gasteiger partial charge in [-0.25, -0.2) is 4.79 Å². The fraction of sp³-hybridized carbons (Fsp3) is 0.294. The minimum atomic E-state index is -0.883. The molecule has 23 heavy (non-hydrogen) atoms. The monoisotopic (exact) mass is 333 g/mol. The van der Waals surface area contributed by atoms with Crippen LogP contribution in [0, 0.1) is 5.92 Å². The number of amides is 2. The van der Waals surface area contributed by atoms with Crippen molar-refractivity contribution in [1.82, 2.24) is 4.90 Å². The molecule has 120 valence electrons. The van der Waals surface area contributed by atoms with E-state index in [0.717, 1.165) is 10.5 Å². The largest absolute Gasteiger partial charge is 0.462 e. The first-order valence-electron chi connectivity index (χ1n) is 7.13. The van der Waals surface area contributed by atoms with Gasteiger partial charge in [0, 0.05) is 11.4 Å². The normalized spacial score (nSPS) is 17.1. The van der Waals surface area contributed by atoms with Crippen LogP contribution < -0.4 is 0 Å². The molecular formula is C17H16ClNO4. The molecule has 1 aliphatic rings. The second-order valence-electron chi connectivity index (χ2n) is 5.01. The highest BCUT2D eigenvalue weighted by molar-refractivity contribution is 6.30. The van der Waals surface area contributed by atoms with Gasteiger partial charge in [0.1, 0.15) is 0 Å². The molecule has 6 heteroatoms. The number of rotatable bonds is 5. The van der Waals surface area contributed by atoms with Crippen LogP contribution in [0.2, 0.25) is 5.02 Å². The van der Waals surface area contributed by atoms with Crippen LogP contribution in [0.15, 0.2) is 42.1 Å². The topological polar surface area (TPSA) is 63.7 Å². The van der Waals surface area contributed by atoms with Gasteiger partial charge in [-0.2, -0.15) is 0 Å². The molecule has 1 aromatic rings. The number of hydrogen-bond donors (Lipinski definition) is 0. The van der Waals surface area contributed by atoms with Gasteiger partial charge < -0.3 is 4.74 Å². The third-order valence-corrected chi connectivity index (χ3v) is 3.78. The molecule has 0 bridgehead atoms. The predicted molar refractivity (Wildman–Crippen MR) is 84.4 cm³/mol. The summed E-state index contributed by atoms with van der Waals surface area (Å²) < 4.78 is 4.88. The fourth-order valence-electron chi connectivity index (χ4n) is 2.39. The van der Waals surface area contributed by atoms with E-state index in [1.807, 2.05) is 0 Å². The summed E-state index contributed by atoms with van der Waals surface area (Å²) in [5, 5.41) is 0.574. The highest BCUT2D eigenvalue weighted by atomic mass is 35.5. The van der Waals surface area contributed by atoms with Gasteiger partial charge in [-0.15, -0.1) is 5.73 Å². The van der Waals surface area contributed by atoms with E-state index in [4.69, 9.17) is 16.3 Å². The average molecular weight is 334 g/mol. The first-order chi connectivity index (χ1) is 11.0. The van der Waals surface area contributed by atoms with Gasteiger partial charge >= 0.3 is 5.97 Å². The number of imide groups is 1. The van der Waals surface area contributed by atoms with E-state index in [9.17, 15) is 14.4 Å². The molecular weight excluding hydrogens is 318 g/mol. The summed E-state index contributed by atoms with van der Waals surface area (Å²) in [6.45, 7) is 5.40. The van der Waals surface area contributed by atoms with Crippen LogP contribution >= 0.6 is 11.6 Å². The molecule has 1 aromatic carbocycles. The van der Waals surface area contributed by atoms with Crippen molar-refractivity contribution in [1.29, 1.82) is 0 Å². The maximum absolute atomic E-state index is 12.5. The van der Waals surface area contributed by atoms with E-state index in [-0.39, 0.29) is 31.1 Å². The van der Waals surface area contributed by atoms with Gasteiger partial charge in [0.05, 0.1) is 24.6 Å². The quantitative estimate of drug-likeness (QED) is 0.359. The van der Waals surface area contributed by atoms with Crippen molar-refractivity contribution in [2.45, 2.75) is 19.9 Å². The zero-order valence-corrected chi connectivity index (χ0v) is 13.4. The van der Waals surface area contributed by atoms with E-state index in [0.29, 0.717) is 5.02 Å². The Bertz CT molecular complexity index is 689. The zero-order chi connectivity index (χ0) is 17.0. The van der Waals surface area contributed by atoms with Crippen molar-refractivity contribution in [3.63, 3.8) is 0 Å². The number of esters is 1. The van der Waals surface area contributed by atoms with Crippen molar-refractivity contribution in [3.05, 3.63) is 52.7 Å². The third-order valence-electron chi connectivity index (χ3n) is 3.53. The highest BCUT2D eigenvalue weighted by Gasteiger charge is 2.42. The summed E-state index contributed by atoms with van der Waals surface area (Å²) in [6, 6.07) is 6.86. The molecule has 1 saturated heterocycles. The molecule has 0 N–H and O–H groups in total. The third kappa shape index (κ3) is 3.70. The molecule has 0 aliphatic carbocycles. The average Bonchev–Trinajstić information content (AvgIpc) is 2.79. The maximum Gasteiger partial charge on any atom is 0.342 e. The van der Waals surface area contributed by atoms with Crippen molar-refractivity contribution in [3.8, 4) is 0 Å². The van der Waals surface area contributed by atoms with Gasteiger partial charge in [-0.1, -0.05) is 30.3 Å². The Morgan fingerprint density at radius 1 is 1.39 bits per heavy atom. The molecule has 0 radical (unpaired) electrons. The lowest BCUT2D eigenvalue weighted by molar-refractivity contribution is -0.143. The van der Waals surface area contributed by atoms with Gasteiger partial charge in [0.2, 0.25) is 11.8 Å². The SMILES string of the molecule is C=C=C(C(=O)OCC)[C@H]1CC(=O)N(Cc2ccc(Cl)cc2)C1=O. The summed E-state index contributed by atoms with van der Waals surface area (Å²) in [7, 11) is 0. The summed E-state index contributed by atoms with van der Waals surface area (Å²) in [5.74, 6) is -2.33. The first-order valence-corrected chi connectivity index (χ1v) is 7.51. The van der Waals surface area contributed by atoms with Crippen LogP contribution in [-0.4, -0.2) is 29.3 Å². The number of carbonyl (C=O) groups excluding carboxylic acids is 3. The predicted octanol–water partition coefficient (Wildman–Crippen LogP) is 2.49. The molecule has 0 unspecified atom stereocenters. The van der Waals surface area contributed by atoms with Gasteiger partial charge in [-0.05, 0) is 24.6 Å². The van der Waals surface area contributed by atoms with Crippen LogP contribution in [0.5, 0.6) is 0 Å². The summed E-state index contributed by atoms with van der Waals surface area (Å²) >= 11 is 5.82. The van der Waals surface area contributed by atoms with Crippen molar-refractivity contribution < 1.29 is 19.1 Å². The molecule has 1 fully saturated rings. The van der Waals surface area contributed by atoms with Gasteiger partial charge in [0.25, 0.3) is 0 Å². The van der Waals surface area contributed by atoms with Crippen LogP contribution in [-0.2, 0) is 25.7 Å². The van der Waals surface area contributed by atoms with E-state index in [1.165, 1.54) is 0 Å². The number of ether oxygens (including phenoxy) is 1. The molecule has 2 amide bonds. The lowest BCUT2D eigenvalue weighted by Gasteiger charge is -2.15. The molecule has 0 aromatic heterocycles. The van der Waals surface area contributed by atoms with Gasteiger partial charge in [-0.3, -0.25) is 14.5 Å². The Morgan fingerprint density at radius 2 is 2.04 bits per heavy atom. The van der Waals surface area contributed by atoms with Crippen LogP contribution in [0.3, 0.4) is 0 Å². The van der Waals surface area contributed by atoms with Crippen molar-refractivity contribution >= 4 is 29.4 Å². The number of likely N-dealkylation sites (tertiary alicyclic amines) is 1. The molecule has 5 nitrogen and oxygen atoms in total. The minimum Gasteiger partial charge on any atom is -0.462 e. The van der Waals surface area contributed by atoms with E-state index in [2.05, 4.69) is 12.3 Å². The lowest BCUT2D eigenvalue weighted by atomic mass is 9.98. The number of benzene rings is 1. The van der Waals surface area contributed by atoms with Crippen LogP contribution in [0.1, 0.15) is 18.9 Å². The fourth-order valence-corrected chi connectivity index (χ4v) is 2.52. The molecule has 2 rings (SSSR count). The van der Waals surface area contributed by atoms with E-state index in [1.54, 1.807) is 31.2 Å². The number of nitrogens with zero attached hydrogens (tertiary/aromatic N) is 1. The Morgan fingerprint density at radius 3 is 2.61 bits per heavy atom. The van der Waals surface area contributed by atoms with Gasteiger partial charge in [0.15, 0.2) is 0 Å². The zero-order valence-electron chi connectivity index (χ0n) is 12.7. The second-order valence-corrected chi connectivity index (χ2v) is 5.45. The van der Waals surface area contributed by atoms with E-state index < -0.39 is 17.8 Å². The number of carbonyl (C=O) groups is 3. The Kier molecular flexibility index (Phi) is 5.37.